The van der Waals surface area contributed by atoms with Gasteiger partial charge in [-0.1, -0.05) is 30.3 Å². The summed E-state index contributed by atoms with van der Waals surface area (Å²) in [6.45, 7) is 0. The van der Waals surface area contributed by atoms with E-state index in [-0.39, 0.29) is 11.6 Å². The standard InChI is InChI=1S/C18H17FN2O2/c1-21(13-7-3-2-4-8-13)17(23)18(11-12-18)16(22)20-15-10-6-5-9-14(15)19/h2-10H,11-12H2,1H3,(H,20,22). The zero-order valence-electron chi connectivity index (χ0n) is 12.8. The highest BCUT2D eigenvalue weighted by molar-refractivity contribution is 6.17. The topological polar surface area (TPSA) is 49.4 Å². The molecule has 2 aromatic carbocycles. The number of rotatable bonds is 4. The molecule has 23 heavy (non-hydrogen) atoms. The van der Waals surface area contributed by atoms with E-state index in [9.17, 15) is 14.0 Å². The molecule has 4 nitrogen and oxygen atoms in total. The Balaban J connectivity index is 1.78. The van der Waals surface area contributed by atoms with Crippen molar-refractivity contribution in [2.75, 3.05) is 17.3 Å². The van der Waals surface area contributed by atoms with E-state index >= 15 is 0 Å². The molecule has 0 saturated heterocycles. The summed E-state index contributed by atoms with van der Waals surface area (Å²) in [7, 11) is 1.65. The summed E-state index contributed by atoms with van der Waals surface area (Å²) in [5.41, 5.74) is -0.270. The SMILES string of the molecule is CN(C(=O)C1(C(=O)Nc2ccccc2F)CC1)c1ccccc1. The maximum Gasteiger partial charge on any atom is 0.242 e. The highest BCUT2D eigenvalue weighted by atomic mass is 19.1. The van der Waals surface area contributed by atoms with Crippen molar-refractivity contribution in [2.45, 2.75) is 12.8 Å². The maximum absolute atomic E-state index is 13.7. The van der Waals surface area contributed by atoms with Gasteiger partial charge in [-0.25, -0.2) is 4.39 Å². The van der Waals surface area contributed by atoms with Crippen molar-refractivity contribution >= 4 is 23.2 Å². The van der Waals surface area contributed by atoms with Crippen molar-refractivity contribution in [3.8, 4) is 0 Å². The molecule has 1 fully saturated rings. The minimum atomic E-state index is -1.09. The lowest BCUT2D eigenvalue weighted by atomic mass is 10.0. The van der Waals surface area contributed by atoms with Crippen LogP contribution in [0.1, 0.15) is 12.8 Å². The Bertz CT molecular complexity index is 742. The first-order valence-electron chi connectivity index (χ1n) is 7.44. The molecule has 1 aliphatic carbocycles. The zero-order chi connectivity index (χ0) is 16.4. The van der Waals surface area contributed by atoms with Gasteiger partial charge in [-0.3, -0.25) is 9.59 Å². The van der Waals surface area contributed by atoms with Crippen LogP contribution >= 0.6 is 0 Å². The van der Waals surface area contributed by atoms with E-state index in [4.69, 9.17) is 0 Å². The number of carbonyl (C=O) groups excluding carboxylic acids is 2. The average Bonchev–Trinajstić information content (AvgIpc) is 3.38. The lowest BCUT2D eigenvalue weighted by Gasteiger charge is -2.23. The highest BCUT2D eigenvalue weighted by Crippen LogP contribution is 2.48. The van der Waals surface area contributed by atoms with Crippen LogP contribution in [0.25, 0.3) is 0 Å². The fourth-order valence-corrected chi connectivity index (χ4v) is 2.56. The number of para-hydroxylation sites is 2. The molecule has 2 aromatic rings. The van der Waals surface area contributed by atoms with Crippen molar-refractivity contribution in [3.05, 3.63) is 60.4 Å². The summed E-state index contributed by atoms with van der Waals surface area (Å²) in [6.07, 6.45) is 0.951. The lowest BCUT2D eigenvalue weighted by molar-refractivity contribution is -0.132. The Morgan fingerprint density at radius 2 is 1.65 bits per heavy atom. The molecule has 0 spiro atoms. The summed E-state index contributed by atoms with van der Waals surface area (Å²) in [5, 5.41) is 2.54. The molecule has 0 unspecified atom stereocenters. The van der Waals surface area contributed by atoms with Crippen molar-refractivity contribution in [1.82, 2.24) is 0 Å². The van der Waals surface area contributed by atoms with Crippen molar-refractivity contribution in [2.24, 2.45) is 5.41 Å². The van der Waals surface area contributed by atoms with Crippen LogP contribution in [0.4, 0.5) is 15.8 Å². The summed E-state index contributed by atoms with van der Waals surface area (Å²) in [5.74, 6) is -1.23. The van der Waals surface area contributed by atoms with E-state index in [1.54, 1.807) is 19.2 Å². The van der Waals surface area contributed by atoms with Crippen LogP contribution in [0.3, 0.4) is 0 Å². The van der Waals surface area contributed by atoms with E-state index in [1.807, 2.05) is 30.3 Å². The number of carbonyl (C=O) groups is 2. The van der Waals surface area contributed by atoms with Gasteiger partial charge in [-0.05, 0) is 37.1 Å². The Morgan fingerprint density at radius 1 is 1.04 bits per heavy atom. The number of hydrogen-bond donors (Lipinski definition) is 1. The van der Waals surface area contributed by atoms with Crippen molar-refractivity contribution in [1.29, 1.82) is 0 Å². The number of anilines is 2. The largest absolute Gasteiger partial charge is 0.323 e. The monoisotopic (exact) mass is 312 g/mol. The van der Waals surface area contributed by atoms with Crippen LogP contribution in [0.2, 0.25) is 0 Å². The molecule has 1 N–H and O–H groups in total. The number of hydrogen-bond acceptors (Lipinski definition) is 2. The Morgan fingerprint density at radius 3 is 2.26 bits per heavy atom. The molecular formula is C18H17FN2O2. The predicted octanol–water partition coefficient (Wildman–Crippen LogP) is 3.21. The third-order valence-electron chi connectivity index (χ3n) is 4.16. The van der Waals surface area contributed by atoms with E-state index in [1.165, 1.54) is 17.0 Å². The minimum absolute atomic E-state index is 0.0962. The van der Waals surface area contributed by atoms with Gasteiger partial charge in [0, 0.05) is 12.7 Å². The van der Waals surface area contributed by atoms with Crippen LogP contribution in [-0.4, -0.2) is 18.9 Å². The first kappa shape index (κ1) is 15.2. The average molecular weight is 312 g/mol. The van der Waals surface area contributed by atoms with Crippen LogP contribution in [0, 0.1) is 11.2 Å². The number of halogens is 1. The number of amides is 2. The van der Waals surface area contributed by atoms with Gasteiger partial charge in [0.25, 0.3) is 0 Å². The third kappa shape index (κ3) is 2.82. The molecule has 5 heteroatoms. The quantitative estimate of drug-likeness (QED) is 0.881. The second-order valence-electron chi connectivity index (χ2n) is 5.72. The van der Waals surface area contributed by atoms with Gasteiger partial charge < -0.3 is 10.2 Å². The van der Waals surface area contributed by atoms with Gasteiger partial charge in [-0.2, -0.15) is 0 Å². The molecule has 118 valence electrons. The minimum Gasteiger partial charge on any atom is -0.323 e. The molecule has 0 radical (unpaired) electrons. The summed E-state index contributed by atoms with van der Waals surface area (Å²) in [4.78, 5) is 26.7. The molecule has 0 aliphatic heterocycles. The van der Waals surface area contributed by atoms with E-state index in [0.717, 1.165) is 5.69 Å². The highest BCUT2D eigenvalue weighted by Gasteiger charge is 2.57. The second-order valence-corrected chi connectivity index (χ2v) is 5.72. The Kier molecular flexibility index (Phi) is 3.86. The number of nitrogens with zero attached hydrogens (tertiary/aromatic N) is 1. The van der Waals surface area contributed by atoms with Crippen LogP contribution in [0.15, 0.2) is 54.6 Å². The molecule has 1 saturated carbocycles. The van der Waals surface area contributed by atoms with Crippen LogP contribution in [0.5, 0.6) is 0 Å². The summed E-state index contributed by atoms with van der Waals surface area (Å²) >= 11 is 0. The predicted molar refractivity (Wildman–Crippen MR) is 86.5 cm³/mol. The fraction of sp³-hybridized carbons (Fsp3) is 0.222. The Labute approximate surface area is 133 Å². The van der Waals surface area contributed by atoms with Gasteiger partial charge in [0.1, 0.15) is 11.2 Å². The molecule has 0 heterocycles. The van der Waals surface area contributed by atoms with Crippen LogP contribution in [-0.2, 0) is 9.59 Å². The second kappa shape index (κ2) is 5.83. The van der Waals surface area contributed by atoms with Gasteiger partial charge in [-0.15, -0.1) is 0 Å². The fourth-order valence-electron chi connectivity index (χ4n) is 2.56. The molecule has 0 bridgehead atoms. The smallest absolute Gasteiger partial charge is 0.242 e. The van der Waals surface area contributed by atoms with Gasteiger partial charge >= 0.3 is 0 Å². The van der Waals surface area contributed by atoms with Gasteiger partial charge in [0.2, 0.25) is 11.8 Å². The molecule has 1 aliphatic rings. The molecule has 0 aromatic heterocycles. The lowest BCUT2D eigenvalue weighted by Crippen LogP contribution is -2.41. The van der Waals surface area contributed by atoms with E-state index < -0.39 is 17.1 Å². The maximum atomic E-state index is 13.7. The molecule has 2 amide bonds. The first-order valence-corrected chi connectivity index (χ1v) is 7.44. The normalized spacial score (nSPS) is 14.9. The van der Waals surface area contributed by atoms with Gasteiger partial charge in [0.15, 0.2) is 0 Å². The molecule has 0 atom stereocenters. The van der Waals surface area contributed by atoms with E-state index in [2.05, 4.69) is 5.32 Å². The van der Waals surface area contributed by atoms with Crippen molar-refractivity contribution < 1.29 is 14.0 Å². The molecular weight excluding hydrogens is 295 g/mol. The third-order valence-corrected chi connectivity index (χ3v) is 4.16. The molecule has 3 rings (SSSR count). The Hall–Kier alpha value is -2.69. The van der Waals surface area contributed by atoms with E-state index in [0.29, 0.717) is 12.8 Å². The number of nitrogens with one attached hydrogen (secondary N) is 1. The van der Waals surface area contributed by atoms with Crippen LogP contribution < -0.4 is 10.2 Å². The van der Waals surface area contributed by atoms with Gasteiger partial charge in [0.05, 0.1) is 5.69 Å². The summed E-state index contributed by atoms with van der Waals surface area (Å²) in [6, 6.07) is 15.1. The van der Waals surface area contributed by atoms with Crippen molar-refractivity contribution in [3.63, 3.8) is 0 Å². The number of benzene rings is 2. The first-order chi connectivity index (χ1) is 11.0. The zero-order valence-corrected chi connectivity index (χ0v) is 12.8. The summed E-state index contributed by atoms with van der Waals surface area (Å²) < 4.78 is 13.7.